The number of anilines is 1. The summed E-state index contributed by atoms with van der Waals surface area (Å²) in [6.07, 6.45) is 1.68. The molecule has 0 aliphatic rings. The second-order valence-corrected chi connectivity index (χ2v) is 9.00. The quantitative estimate of drug-likeness (QED) is 0.311. The highest BCUT2D eigenvalue weighted by Crippen LogP contribution is 2.28. The van der Waals surface area contributed by atoms with Gasteiger partial charge in [-0.25, -0.2) is 4.68 Å². The SMILES string of the molecule is Cc1cc(OCn2ccc(C(=O)Nc3c(C)nn(Cc4c(Cl)cccc4Cl)c3C)n2)ccc1Cl. The van der Waals surface area contributed by atoms with E-state index in [4.69, 9.17) is 39.5 Å². The number of halogens is 3. The first kappa shape index (κ1) is 24.1. The number of rotatable bonds is 7. The van der Waals surface area contributed by atoms with Crippen molar-refractivity contribution >= 4 is 46.4 Å². The Balaban J connectivity index is 1.44. The minimum atomic E-state index is -0.345. The lowest BCUT2D eigenvalue weighted by Gasteiger charge is -2.09. The van der Waals surface area contributed by atoms with Gasteiger partial charge in [-0.1, -0.05) is 40.9 Å². The Morgan fingerprint density at radius 2 is 1.74 bits per heavy atom. The molecule has 0 aliphatic heterocycles. The molecule has 10 heteroatoms. The van der Waals surface area contributed by atoms with Gasteiger partial charge >= 0.3 is 0 Å². The first-order valence-corrected chi connectivity index (χ1v) is 11.6. The summed E-state index contributed by atoms with van der Waals surface area (Å²) in [6.45, 7) is 6.15. The minimum absolute atomic E-state index is 0.156. The van der Waals surface area contributed by atoms with Crippen LogP contribution >= 0.6 is 34.8 Å². The molecule has 7 nitrogen and oxygen atoms in total. The minimum Gasteiger partial charge on any atom is -0.471 e. The molecule has 0 fully saturated rings. The van der Waals surface area contributed by atoms with E-state index in [0.717, 1.165) is 16.8 Å². The van der Waals surface area contributed by atoms with Gasteiger partial charge in [-0.15, -0.1) is 0 Å². The number of carbonyl (C=O) groups is 1. The standard InChI is InChI=1S/C24H22Cl3N5O2/c1-14-11-17(7-8-19(14)25)34-13-31-10-9-22(30-31)24(33)28-23-15(2)29-32(16(23)3)12-18-20(26)5-4-6-21(18)27/h4-11H,12-13H2,1-3H3,(H,28,33). The third-order valence-electron chi connectivity index (χ3n) is 5.36. The summed E-state index contributed by atoms with van der Waals surface area (Å²) >= 11 is 18.6. The van der Waals surface area contributed by atoms with Gasteiger partial charge in [-0.3, -0.25) is 9.48 Å². The molecule has 1 N–H and O–H groups in total. The van der Waals surface area contributed by atoms with Crippen molar-refractivity contribution in [2.45, 2.75) is 34.0 Å². The Morgan fingerprint density at radius 3 is 2.44 bits per heavy atom. The zero-order valence-electron chi connectivity index (χ0n) is 18.8. The van der Waals surface area contributed by atoms with Gasteiger partial charge in [0.2, 0.25) is 0 Å². The molecule has 1 amide bonds. The lowest BCUT2D eigenvalue weighted by atomic mass is 10.2. The summed E-state index contributed by atoms with van der Waals surface area (Å²) in [5, 5.41) is 13.6. The number of nitrogens with one attached hydrogen (secondary N) is 1. The Hall–Kier alpha value is -3.00. The summed E-state index contributed by atoms with van der Waals surface area (Å²) in [6, 6.07) is 12.4. The highest BCUT2D eigenvalue weighted by atomic mass is 35.5. The molecule has 0 saturated carbocycles. The van der Waals surface area contributed by atoms with Crippen LogP contribution < -0.4 is 10.1 Å². The van der Waals surface area contributed by atoms with E-state index >= 15 is 0 Å². The van der Waals surface area contributed by atoms with E-state index in [0.29, 0.717) is 38.7 Å². The maximum absolute atomic E-state index is 12.8. The molecule has 0 aliphatic carbocycles. The maximum Gasteiger partial charge on any atom is 0.276 e. The van der Waals surface area contributed by atoms with Crippen LogP contribution in [0.5, 0.6) is 5.75 Å². The van der Waals surface area contributed by atoms with Gasteiger partial charge < -0.3 is 10.1 Å². The zero-order valence-corrected chi connectivity index (χ0v) is 21.0. The summed E-state index contributed by atoms with van der Waals surface area (Å²) in [4.78, 5) is 12.8. The Morgan fingerprint density at radius 1 is 1.00 bits per heavy atom. The van der Waals surface area contributed by atoms with E-state index in [1.165, 1.54) is 0 Å². The fraction of sp³-hybridized carbons (Fsp3) is 0.208. The number of benzene rings is 2. The van der Waals surface area contributed by atoms with Crippen LogP contribution in [0, 0.1) is 20.8 Å². The van der Waals surface area contributed by atoms with Gasteiger partial charge in [0.15, 0.2) is 12.4 Å². The monoisotopic (exact) mass is 517 g/mol. The molecule has 4 aromatic rings. The first-order chi connectivity index (χ1) is 16.2. The number of amides is 1. The van der Waals surface area contributed by atoms with Gasteiger partial charge in [-0.05, 0) is 62.7 Å². The molecule has 0 unspecified atom stereocenters. The summed E-state index contributed by atoms with van der Waals surface area (Å²) < 4.78 is 9.04. The molecule has 0 atom stereocenters. The number of nitrogens with zero attached hydrogens (tertiary/aromatic N) is 4. The molecular formula is C24H22Cl3N5O2. The lowest BCUT2D eigenvalue weighted by Crippen LogP contribution is -2.15. The smallest absolute Gasteiger partial charge is 0.276 e. The van der Waals surface area contributed by atoms with Crippen LogP contribution in [0.2, 0.25) is 15.1 Å². The van der Waals surface area contributed by atoms with E-state index in [-0.39, 0.29) is 18.3 Å². The molecule has 34 heavy (non-hydrogen) atoms. The lowest BCUT2D eigenvalue weighted by molar-refractivity contribution is 0.102. The summed E-state index contributed by atoms with van der Waals surface area (Å²) in [7, 11) is 0. The second kappa shape index (κ2) is 10.1. The fourth-order valence-electron chi connectivity index (χ4n) is 3.44. The Bertz CT molecular complexity index is 1340. The molecule has 0 radical (unpaired) electrons. The van der Waals surface area contributed by atoms with Gasteiger partial charge in [-0.2, -0.15) is 10.2 Å². The van der Waals surface area contributed by atoms with E-state index in [9.17, 15) is 4.79 Å². The highest BCUT2D eigenvalue weighted by molar-refractivity contribution is 6.36. The number of ether oxygens (including phenoxy) is 1. The number of hydrogen-bond donors (Lipinski definition) is 1. The van der Waals surface area contributed by atoms with E-state index in [1.54, 1.807) is 52.0 Å². The molecule has 2 aromatic heterocycles. The van der Waals surface area contributed by atoms with Crippen molar-refractivity contribution in [2.24, 2.45) is 0 Å². The van der Waals surface area contributed by atoms with Crippen LogP contribution in [0.4, 0.5) is 5.69 Å². The van der Waals surface area contributed by atoms with Crippen LogP contribution in [0.15, 0.2) is 48.7 Å². The largest absolute Gasteiger partial charge is 0.471 e. The van der Waals surface area contributed by atoms with Crippen molar-refractivity contribution in [2.75, 3.05) is 5.32 Å². The number of aryl methyl sites for hydroxylation is 2. The maximum atomic E-state index is 12.8. The Kier molecular flexibility index (Phi) is 7.16. The van der Waals surface area contributed by atoms with Crippen molar-refractivity contribution in [3.8, 4) is 5.75 Å². The molecule has 2 heterocycles. The molecule has 2 aromatic carbocycles. The van der Waals surface area contributed by atoms with Crippen molar-refractivity contribution in [1.82, 2.24) is 19.6 Å². The van der Waals surface area contributed by atoms with Crippen molar-refractivity contribution in [3.63, 3.8) is 0 Å². The molecule has 176 valence electrons. The predicted octanol–water partition coefficient (Wildman–Crippen LogP) is 6.30. The fourth-order valence-corrected chi connectivity index (χ4v) is 4.08. The van der Waals surface area contributed by atoms with Crippen molar-refractivity contribution in [1.29, 1.82) is 0 Å². The van der Waals surface area contributed by atoms with Crippen LogP contribution in [0.25, 0.3) is 0 Å². The second-order valence-electron chi connectivity index (χ2n) is 7.78. The average molecular weight is 519 g/mol. The summed E-state index contributed by atoms with van der Waals surface area (Å²) in [5.41, 5.74) is 4.02. The van der Waals surface area contributed by atoms with Crippen molar-refractivity contribution < 1.29 is 9.53 Å². The van der Waals surface area contributed by atoms with Gasteiger partial charge in [0.1, 0.15) is 5.75 Å². The molecular weight excluding hydrogens is 497 g/mol. The Labute approximate surface area is 212 Å². The van der Waals surface area contributed by atoms with Gasteiger partial charge in [0, 0.05) is 26.8 Å². The van der Waals surface area contributed by atoms with Gasteiger partial charge in [0.25, 0.3) is 5.91 Å². The van der Waals surface area contributed by atoms with E-state index in [1.807, 2.05) is 26.8 Å². The average Bonchev–Trinajstić information content (AvgIpc) is 3.37. The topological polar surface area (TPSA) is 74.0 Å². The van der Waals surface area contributed by atoms with Gasteiger partial charge in [0.05, 0.1) is 23.6 Å². The van der Waals surface area contributed by atoms with Crippen LogP contribution in [0.3, 0.4) is 0 Å². The molecule has 0 spiro atoms. The third-order valence-corrected chi connectivity index (χ3v) is 6.49. The third kappa shape index (κ3) is 5.22. The van der Waals surface area contributed by atoms with Crippen molar-refractivity contribution in [3.05, 3.63) is 91.9 Å². The van der Waals surface area contributed by atoms with Crippen LogP contribution in [-0.2, 0) is 13.3 Å². The van der Waals surface area contributed by atoms with Crippen LogP contribution in [-0.4, -0.2) is 25.5 Å². The normalized spacial score (nSPS) is 11.0. The predicted molar refractivity (Wildman–Crippen MR) is 134 cm³/mol. The number of hydrogen-bond acceptors (Lipinski definition) is 4. The van der Waals surface area contributed by atoms with Crippen LogP contribution in [0.1, 0.15) is 33.0 Å². The first-order valence-electron chi connectivity index (χ1n) is 10.4. The van der Waals surface area contributed by atoms with E-state index in [2.05, 4.69) is 15.5 Å². The molecule has 0 bridgehead atoms. The van der Waals surface area contributed by atoms with E-state index < -0.39 is 0 Å². The number of aromatic nitrogens is 4. The summed E-state index contributed by atoms with van der Waals surface area (Å²) in [5.74, 6) is 0.323. The number of carbonyl (C=O) groups excluding carboxylic acids is 1. The molecule has 0 saturated heterocycles. The zero-order chi connectivity index (χ0) is 24.4. The highest BCUT2D eigenvalue weighted by Gasteiger charge is 2.18. The molecule has 4 rings (SSSR count).